The summed E-state index contributed by atoms with van der Waals surface area (Å²) in [5.41, 5.74) is -0.266. The van der Waals surface area contributed by atoms with Gasteiger partial charge in [0.1, 0.15) is 18.0 Å². The topological polar surface area (TPSA) is 79.4 Å². The second-order valence-electron chi connectivity index (χ2n) is 9.29. The maximum Gasteiger partial charge on any atom is 0.243 e. The number of ether oxygens (including phenoxy) is 2. The van der Waals surface area contributed by atoms with E-state index in [-0.39, 0.29) is 43.5 Å². The van der Waals surface area contributed by atoms with Crippen LogP contribution < -0.4 is 4.74 Å². The molecule has 0 aliphatic carbocycles. The Bertz CT molecular complexity index is 1150. The van der Waals surface area contributed by atoms with Crippen molar-refractivity contribution >= 4 is 27.5 Å². The molecule has 0 aromatic heterocycles. The van der Waals surface area contributed by atoms with E-state index in [1.54, 1.807) is 42.5 Å². The second-order valence-corrected chi connectivity index (χ2v) is 11.7. The summed E-state index contributed by atoms with van der Waals surface area (Å²) in [6, 6.07) is 13.8. The number of hydrogen-bond acceptors (Lipinski definition) is 6. The van der Waals surface area contributed by atoms with Gasteiger partial charge in [-0.15, -0.1) is 0 Å². The van der Waals surface area contributed by atoms with Gasteiger partial charge in [-0.25, -0.2) is 8.42 Å². The molecule has 2 aliphatic heterocycles. The Morgan fingerprint density at radius 1 is 1.09 bits per heavy atom. The number of sulfonamides is 1. The number of carbonyl (C=O) groups excluding carboxylic acids is 1. The van der Waals surface area contributed by atoms with Crippen molar-refractivity contribution in [1.29, 1.82) is 0 Å². The molecule has 4 rings (SSSR count). The first-order valence-electron chi connectivity index (χ1n) is 11.7. The predicted molar refractivity (Wildman–Crippen MR) is 134 cm³/mol. The van der Waals surface area contributed by atoms with Crippen LogP contribution in [-0.4, -0.2) is 93.6 Å². The highest BCUT2D eigenvalue weighted by Crippen LogP contribution is 2.30. The molecule has 2 heterocycles. The summed E-state index contributed by atoms with van der Waals surface area (Å²) in [6.45, 7) is 5.13. The van der Waals surface area contributed by atoms with Gasteiger partial charge in [0.15, 0.2) is 0 Å². The molecular formula is C25H32ClN3O5S. The first kappa shape index (κ1) is 25.9. The summed E-state index contributed by atoms with van der Waals surface area (Å²) < 4.78 is 40.5. The van der Waals surface area contributed by atoms with Crippen LogP contribution in [0.25, 0.3) is 0 Å². The van der Waals surface area contributed by atoms with Gasteiger partial charge in [-0.3, -0.25) is 4.79 Å². The summed E-state index contributed by atoms with van der Waals surface area (Å²) in [4.78, 5) is 17.5. The molecule has 0 radical (unpaired) electrons. The van der Waals surface area contributed by atoms with Crippen LogP contribution in [0.15, 0.2) is 53.4 Å². The summed E-state index contributed by atoms with van der Waals surface area (Å²) in [5, 5.41) is 0.526. The Hall–Kier alpha value is -2.17. The zero-order valence-electron chi connectivity index (χ0n) is 20.2. The van der Waals surface area contributed by atoms with Crippen LogP contribution >= 0.6 is 11.6 Å². The number of rotatable bonds is 7. The van der Waals surface area contributed by atoms with Crippen LogP contribution in [0, 0.1) is 6.92 Å². The zero-order chi connectivity index (χ0) is 25.1. The fourth-order valence-electron chi connectivity index (χ4n) is 4.40. The third-order valence-electron chi connectivity index (χ3n) is 6.47. The minimum atomic E-state index is -3.77. The minimum absolute atomic E-state index is 0.0172. The number of aryl methyl sites for hydroxylation is 1. The van der Waals surface area contributed by atoms with E-state index in [1.165, 1.54) is 4.31 Å². The molecule has 2 aromatic rings. The van der Waals surface area contributed by atoms with Gasteiger partial charge in [0.25, 0.3) is 0 Å². The number of hydrogen-bond donors (Lipinski definition) is 0. The molecule has 2 aromatic carbocycles. The van der Waals surface area contributed by atoms with Gasteiger partial charge in [-0.1, -0.05) is 29.8 Å². The van der Waals surface area contributed by atoms with E-state index in [9.17, 15) is 13.2 Å². The Kier molecular flexibility index (Phi) is 8.02. The molecule has 0 bridgehead atoms. The van der Waals surface area contributed by atoms with Crippen molar-refractivity contribution in [2.45, 2.75) is 23.8 Å². The minimum Gasteiger partial charge on any atom is -0.490 e. The quantitative estimate of drug-likeness (QED) is 0.557. The van der Waals surface area contributed by atoms with Gasteiger partial charge in [0.2, 0.25) is 15.9 Å². The molecule has 10 heteroatoms. The number of piperazine rings is 1. The van der Waals surface area contributed by atoms with Gasteiger partial charge in [0.05, 0.1) is 17.9 Å². The monoisotopic (exact) mass is 521 g/mol. The number of likely N-dealkylation sites (N-methyl/N-ethyl adjacent to an activating group) is 1. The average molecular weight is 522 g/mol. The van der Waals surface area contributed by atoms with Gasteiger partial charge in [0, 0.05) is 44.3 Å². The SMILES string of the molecule is Cc1cccc(S(=O)(=O)N2CCO[C@@](COc3cccc(Cl)c3)(CC(=O)N3CCN(C)CC3)C2)c1. The molecule has 0 unspecified atom stereocenters. The van der Waals surface area contributed by atoms with Crippen molar-refractivity contribution in [3.63, 3.8) is 0 Å². The maximum absolute atomic E-state index is 13.5. The number of benzene rings is 2. The Morgan fingerprint density at radius 3 is 2.54 bits per heavy atom. The van der Waals surface area contributed by atoms with Crippen LogP contribution in [0.1, 0.15) is 12.0 Å². The number of morpholine rings is 1. The van der Waals surface area contributed by atoms with Crippen molar-refractivity contribution in [1.82, 2.24) is 14.1 Å². The van der Waals surface area contributed by atoms with Gasteiger partial charge < -0.3 is 19.3 Å². The Labute approximate surface area is 212 Å². The van der Waals surface area contributed by atoms with E-state index in [0.29, 0.717) is 23.9 Å². The first-order chi connectivity index (χ1) is 16.7. The predicted octanol–water partition coefficient (Wildman–Crippen LogP) is 2.65. The van der Waals surface area contributed by atoms with E-state index in [1.807, 2.05) is 24.9 Å². The molecule has 1 atom stereocenters. The van der Waals surface area contributed by atoms with Gasteiger partial charge in [-0.2, -0.15) is 4.31 Å². The first-order valence-corrected chi connectivity index (χ1v) is 13.5. The summed E-state index contributed by atoms with van der Waals surface area (Å²) in [7, 11) is -1.74. The zero-order valence-corrected chi connectivity index (χ0v) is 21.7. The summed E-state index contributed by atoms with van der Waals surface area (Å²) in [5.74, 6) is 0.466. The molecule has 190 valence electrons. The molecule has 0 saturated carbocycles. The highest BCUT2D eigenvalue weighted by molar-refractivity contribution is 7.89. The van der Waals surface area contributed by atoms with Crippen molar-refractivity contribution < 1.29 is 22.7 Å². The molecule has 0 spiro atoms. The third kappa shape index (κ3) is 6.34. The van der Waals surface area contributed by atoms with Crippen LogP contribution in [0.5, 0.6) is 5.75 Å². The van der Waals surface area contributed by atoms with Crippen molar-refractivity contribution in [3.05, 3.63) is 59.1 Å². The molecule has 35 heavy (non-hydrogen) atoms. The van der Waals surface area contributed by atoms with Crippen molar-refractivity contribution in [2.24, 2.45) is 0 Å². The molecule has 2 saturated heterocycles. The lowest BCUT2D eigenvalue weighted by Crippen LogP contribution is -2.59. The van der Waals surface area contributed by atoms with Crippen LogP contribution in [0.3, 0.4) is 0 Å². The van der Waals surface area contributed by atoms with Crippen LogP contribution in [0.4, 0.5) is 0 Å². The number of halogens is 1. The average Bonchev–Trinajstić information content (AvgIpc) is 2.83. The lowest BCUT2D eigenvalue weighted by molar-refractivity contribution is -0.151. The molecule has 2 fully saturated rings. The van der Waals surface area contributed by atoms with E-state index in [2.05, 4.69) is 4.90 Å². The second kappa shape index (κ2) is 10.8. The smallest absolute Gasteiger partial charge is 0.243 e. The number of amides is 1. The van der Waals surface area contributed by atoms with E-state index in [4.69, 9.17) is 21.1 Å². The van der Waals surface area contributed by atoms with E-state index in [0.717, 1.165) is 18.7 Å². The summed E-state index contributed by atoms with van der Waals surface area (Å²) in [6.07, 6.45) is 0.0249. The fourth-order valence-corrected chi connectivity index (χ4v) is 6.18. The molecule has 2 aliphatic rings. The molecule has 8 nitrogen and oxygen atoms in total. The highest BCUT2D eigenvalue weighted by Gasteiger charge is 2.44. The Balaban J connectivity index is 1.58. The van der Waals surface area contributed by atoms with Crippen LogP contribution in [0.2, 0.25) is 5.02 Å². The lowest BCUT2D eigenvalue weighted by atomic mass is 9.97. The summed E-state index contributed by atoms with van der Waals surface area (Å²) >= 11 is 6.10. The highest BCUT2D eigenvalue weighted by atomic mass is 35.5. The molecule has 0 N–H and O–H groups in total. The standard InChI is InChI=1S/C25H32ClN3O5S/c1-20-5-3-8-23(15-20)35(31,32)29-13-14-34-25(18-29,19-33-22-7-4-6-21(26)16-22)17-24(30)28-11-9-27(2)10-12-28/h3-8,15-16H,9-14,17-19H2,1-2H3/t25-/m0/s1. The van der Waals surface area contributed by atoms with Crippen molar-refractivity contribution in [2.75, 3.05) is 59.5 Å². The van der Waals surface area contributed by atoms with Crippen molar-refractivity contribution in [3.8, 4) is 5.75 Å². The third-order valence-corrected chi connectivity index (χ3v) is 8.54. The van der Waals surface area contributed by atoms with Crippen LogP contribution in [-0.2, 0) is 19.6 Å². The Morgan fingerprint density at radius 2 is 1.83 bits per heavy atom. The largest absolute Gasteiger partial charge is 0.490 e. The fraction of sp³-hybridized carbons (Fsp3) is 0.480. The lowest BCUT2D eigenvalue weighted by Gasteiger charge is -2.43. The normalized spacial score (nSPS) is 22.2. The maximum atomic E-state index is 13.5. The number of nitrogens with zero attached hydrogens (tertiary/aromatic N) is 3. The number of carbonyl (C=O) groups is 1. The van der Waals surface area contributed by atoms with Gasteiger partial charge >= 0.3 is 0 Å². The molecule has 1 amide bonds. The molecular weight excluding hydrogens is 490 g/mol. The van der Waals surface area contributed by atoms with E-state index < -0.39 is 15.6 Å². The van der Waals surface area contributed by atoms with E-state index >= 15 is 0 Å². The van der Waals surface area contributed by atoms with Gasteiger partial charge in [-0.05, 0) is 49.9 Å².